The minimum absolute atomic E-state index is 0.0321. The molecule has 0 saturated heterocycles. The van der Waals surface area contributed by atoms with Gasteiger partial charge in [0.25, 0.3) is 5.69 Å². The Bertz CT molecular complexity index is 4450. The third-order valence-corrected chi connectivity index (χ3v) is 17.1. The molecule has 0 fully saturated rings. The van der Waals surface area contributed by atoms with Crippen molar-refractivity contribution >= 4 is 131 Å². The molecule has 27 nitrogen and oxygen atoms in total. The summed E-state index contributed by atoms with van der Waals surface area (Å²) in [5.41, 5.74) is 18.4. The monoisotopic (exact) mass is 1520 g/mol. The summed E-state index contributed by atoms with van der Waals surface area (Å²) >= 11 is 15.2. The van der Waals surface area contributed by atoms with Gasteiger partial charge in [-0.25, -0.2) is 0 Å². The van der Waals surface area contributed by atoms with Gasteiger partial charge in [0.2, 0.25) is 32.4 Å². The molecule has 13 rings (SSSR count). The molecule has 30 heteroatoms. The summed E-state index contributed by atoms with van der Waals surface area (Å²) in [6.45, 7) is 10.9. The molecule has 5 heterocycles. The lowest BCUT2D eigenvalue weighted by Gasteiger charge is -2.32. The number of hydrogen-bond acceptors (Lipinski definition) is 26. The smallest absolute Gasteiger partial charge is 0.296 e. The van der Waals surface area contributed by atoms with E-state index in [0.29, 0.717) is 108 Å². The zero-order chi connectivity index (χ0) is 76.3. The topological polar surface area (TPSA) is 283 Å². The van der Waals surface area contributed by atoms with Gasteiger partial charge in [-0.05, 0) is 111 Å². The van der Waals surface area contributed by atoms with Gasteiger partial charge in [-0.3, -0.25) is 24.5 Å². The van der Waals surface area contributed by atoms with Gasteiger partial charge in [0.1, 0.15) is 28.7 Å². The van der Waals surface area contributed by atoms with Crippen molar-refractivity contribution in [2.45, 2.75) is 40.5 Å². The Kier molecular flexibility index (Phi) is 27.6. The number of nitro groups is 1. The van der Waals surface area contributed by atoms with E-state index in [1.165, 1.54) is 6.07 Å². The van der Waals surface area contributed by atoms with Crippen LogP contribution in [-0.4, -0.2) is 150 Å². The van der Waals surface area contributed by atoms with Gasteiger partial charge >= 0.3 is 0 Å². The number of carbonyl (C=O) groups is 3. The highest BCUT2D eigenvalue weighted by Crippen LogP contribution is 2.48. The van der Waals surface area contributed by atoms with Crippen LogP contribution in [0.15, 0.2) is 121 Å². The molecule has 0 spiro atoms. The van der Waals surface area contributed by atoms with E-state index in [-0.39, 0.29) is 62.6 Å². The summed E-state index contributed by atoms with van der Waals surface area (Å²) < 4.78 is 66.3. The van der Waals surface area contributed by atoms with Crippen LogP contribution in [0.3, 0.4) is 0 Å². The van der Waals surface area contributed by atoms with E-state index in [1.807, 2.05) is 212 Å². The Morgan fingerprint density at radius 3 is 1.28 bits per heavy atom. The highest BCUT2D eigenvalue weighted by molar-refractivity contribution is 6.67. The summed E-state index contributed by atoms with van der Waals surface area (Å²) in [5.74, 6) is 7.72. The number of nitrogens with one attached hydrogen (secondary N) is 3. The normalized spacial score (nSPS) is 12.6. The van der Waals surface area contributed by atoms with Crippen LogP contribution in [0.2, 0.25) is 0 Å². The van der Waals surface area contributed by atoms with Crippen molar-refractivity contribution < 1.29 is 76.1 Å². The molecule has 5 N–H and O–H groups in total. The second kappa shape index (κ2) is 37.0. The standard InChI is InChI=1S/C20H23ClN2O4.C20H22N2O4.C17H19N3O5.C17H21N3O3.C2H2Cl2O/c1-4-25-18-9-14(23(2)3)5-6-16(18)22-17-10-20-19(26-12-27-20)8-13(17)7-15(24)11-21;1-4-24-18-9-14(21(2)3)5-6-16(18)22-11-15(23)7-13-8-19-20(10-17(13)22)26-12-25-19;1-4-23-15-7-11(19(2)3)5-6-12(15)18-13-8-16-17(25-10-24-16)9-14(13)20(21)22;1-4-21-15-7-11(20(2)3)5-6-13(15)19-14-9-17-16(8-12(14)18)22-10-23-17;3-1-2(4)5/h5-6,8-10,22H,4,7,11-12H2,1-3H3;5-6,8-10H,4,7,11-12H2,1-3H3;5-9,18H,4,10H2,1-3H3;5-9,19H,4,10,18H2,1-3H3;1H2. The fraction of sp³-hybridized carbons (Fsp3) is 0.329. The van der Waals surface area contributed by atoms with Gasteiger partial charge in [0.15, 0.2) is 57.6 Å². The van der Waals surface area contributed by atoms with Crippen molar-refractivity contribution in [2.24, 2.45) is 0 Å². The summed E-state index contributed by atoms with van der Waals surface area (Å²) in [6, 6.07) is 37.6. The number of benzene rings is 8. The van der Waals surface area contributed by atoms with Crippen molar-refractivity contribution in [3.63, 3.8) is 0 Å². The predicted octanol–water partition coefficient (Wildman–Crippen LogP) is 14.8. The fourth-order valence-electron chi connectivity index (χ4n) is 11.1. The molecule has 0 aliphatic carbocycles. The van der Waals surface area contributed by atoms with Crippen LogP contribution >= 0.6 is 34.8 Å². The van der Waals surface area contributed by atoms with Gasteiger partial charge in [-0.2, -0.15) is 0 Å². The molecule has 0 saturated carbocycles. The van der Waals surface area contributed by atoms with Crippen LogP contribution in [0.5, 0.6) is 69.0 Å². The summed E-state index contributed by atoms with van der Waals surface area (Å²) in [5, 5.41) is 20.7. The SMILES string of the molecule is CCOc1cc(N(C)C)ccc1N1CC(=O)Cc2cc3c(cc21)OCO3.CCOc1cc(N(C)C)ccc1Nc1cc2c(cc1CC(=O)CCl)OCO2.CCOc1cc(N(C)C)ccc1Nc1cc2c(cc1N)OCO2.CCOc1cc(N(C)C)ccc1Nc1cc2c(cc1[N+](=O)[O-])OCO2.O=C(Cl)CCl. The van der Waals surface area contributed by atoms with Crippen LogP contribution < -0.4 is 103 Å². The number of nitrogens with two attached hydrogens (primary N) is 1. The average molecular weight is 1520 g/mol. The molecule has 5 aliphatic rings. The average Bonchev–Trinajstić information content (AvgIpc) is 1.32. The molecule has 5 aliphatic heterocycles. The molecule has 0 bridgehead atoms. The van der Waals surface area contributed by atoms with Crippen molar-refractivity contribution in [3.05, 3.63) is 143 Å². The molecule has 564 valence electrons. The minimum Gasteiger partial charge on any atom is -0.492 e. The number of Topliss-reactive ketones (excluding diaryl/α,β-unsaturated/α-hetero) is 2. The zero-order valence-electron chi connectivity index (χ0n) is 61.1. The number of alkyl halides is 2. The van der Waals surface area contributed by atoms with E-state index in [9.17, 15) is 24.5 Å². The maximum Gasteiger partial charge on any atom is 0.296 e. The Hall–Kier alpha value is -11.2. The summed E-state index contributed by atoms with van der Waals surface area (Å²) in [6.07, 6.45) is 0.616. The first-order valence-electron chi connectivity index (χ1n) is 33.7. The molecule has 8 aromatic rings. The van der Waals surface area contributed by atoms with Gasteiger partial charge < -0.3 is 103 Å². The number of carbonyl (C=O) groups excluding carboxylic acids is 3. The number of halogens is 3. The van der Waals surface area contributed by atoms with E-state index in [4.69, 9.17) is 97.4 Å². The van der Waals surface area contributed by atoms with Gasteiger partial charge in [0.05, 0.1) is 89.8 Å². The van der Waals surface area contributed by atoms with E-state index >= 15 is 0 Å². The molecular formula is C76H87Cl3N10O17. The highest BCUT2D eigenvalue weighted by atomic mass is 35.5. The Morgan fingerprint density at radius 2 is 0.849 bits per heavy atom. The number of fused-ring (bicyclic) bond motifs is 5. The third-order valence-electron chi connectivity index (χ3n) is 16.3. The lowest BCUT2D eigenvalue weighted by atomic mass is 9.99. The minimum atomic E-state index is -0.508. The lowest BCUT2D eigenvalue weighted by Crippen LogP contribution is -2.32. The molecule has 8 aromatic carbocycles. The van der Waals surface area contributed by atoms with Crippen LogP contribution in [0.1, 0.15) is 38.8 Å². The van der Waals surface area contributed by atoms with Crippen LogP contribution in [-0.2, 0) is 27.2 Å². The largest absolute Gasteiger partial charge is 0.492 e. The quantitative estimate of drug-likeness (QED) is 0.0144. The first-order chi connectivity index (χ1) is 50.9. The van der Waals surface area contributed by atoms with Crippen LogP contribution in [0.4, 0.5) is 79.6 Å². The number of ketones is 2. The molecule has 0 unspecified atom stereocenters. The van der Waals surface area contributed by atoms with Gasteiger partial charge in [-0.15, -0.1) is 23.2 Å². The summed E-state index contributed by atoms with van der Waals surface area (Å²) in [7, 11) is 15.8. The van der Waals surface area contributed by atoms with E-state index < -0.39 is 10.2 Å². The van der Waals surface area contributed by atoms with Crippen molar-refractivity contribution in [1.82, 2.24) is 0 Å². The Morgan fingerprint density at radius 1 is 0.481 bits per heavy atom. The van der Waals surface area contributed by atoms with Gasteiger partial charge in [-0.1, -0.05) is 0 Å². The third kappa shape index (κ3) is 20.2. The molecule has 0 radical (unpaired) electrons. The Labute approximate surface area is 630 Å². The van der Waals surface area contributed by atoms with Crippen molar-refractivity contribution in [2.75, 3.05) is 174 Å². The van der Waals surface area contributed by atoms with Crippen molar-refractivity contribution in [1.29, 1.82) is 0 Å². The second-order valence-electron chi connectivity index (χ2n) is 24.5. The second-order valence-corrected chi connectivity index (χ2v) is 25.4. The number of hydrogen-bond donors (Lipinski definition) is 4. The molecular weight excluding hydrogens is 1430 g/mol. The summed E-state index contributed by atoms with van der Waals surface area (Å²) in [4.78, 5) is 54.7. The number of ether oxygens (including phenoxy) is 12. The van der Waals surface area contributed by atoms with Crippen molar-refractivity contribution in [3.8, 4) is 69.0 Å². The van der Waals surface area contributed by atoms with Gasteiger partial charge in [0, 0.05) is 158 Å². The maximum atomic E-state index is 12.4. The zero-order valence-corrected chi connectivity index (χ0v) is 63.3. The first-order valence-corrected chi connectivity index (χ1v) is 35.2. The van der Waals surface area contributed by atoms with E-state index in [2.05, 4.69) is 16.0 Å². The van der Waals surface area contributed by atoms with E-state index in [0.717, 1.165) is 85.2 Å². The molecule has 0 amide bonds. The number of rotatable bonds is 24. The number of nitro benzene ring substituents is 1. The number of nitrogens with zero attached hydrogens (tertiary/aromatic N) is 6. The lowest BCUT2D eigenvalue weighted by molar-refractivity contribution is -0.384. The highest BCUT2D eigenvalue weighted by Gasteiger charge is 2.31. The molecule has 0 atom stereocenters. The molecule has 0 aromatic heterocycles. The number of anilines is 13. The number of nitrogen functional groups attached to an aromatic ring is 1. The molecule has 106 heavy (non-hydrogen) atoms. The fourth-order valence-corrected chi connectivity index (χ4v) is 11.2. The maximum absolute atomic E-state index is 12.4. The van der Waals surface area contributed by atoms with Crippen LogP contribution in [0.25, 0.3) is 0 Å². The van der Waals surface area contributed by atoms with E-state index in [1.54, 1.807) is 12.1 Å². The van der Waals surface area contributed by atoms with Crippen LogP contribution in [0, 0.1) is 10.1 Å². The first kappa shape index (κ1) is 79.0. The predicted molar refractivity (Wildman–Crippen MR) is 416 cm³/mol. The Balaban J connectivity index is 0.000000160.